The number of hydrogen-bond acceptors (Lipinski definition) is 2. The zero-order valence-electron chi connectivity index (χ0n) is 5.96. The molecule has 0 amide bonds. The van der Waals surface area contributed by atoms with Gasteiger partial charge in [0.15, 0.2) is 5.15 Å². The molecule has 60 valence electrons. The molecular formula is C8H4BrClN2. The number of pyridine rings is 2. The van der Waals surface area contributed by atoms with Gasteiger partial charge < -0.3 is 0 Å². The molecular weight excluding hydrogens is 239 g/mol. The van der Waals surface area contributed by atoms with E-state index in [1.54, 1.807) is 6.20 Å². The van der Waals surface area contributed by atoms with Gasteiger partial charge in [0.2, 0.25) is 0 Å². The highest BCUT2D eigenvalue weighted by Crippen LogP contribution is 2.22. The van der Waals surface area contributed by atoms with Gasteiger partial charge >= 0.3 is 0 Å². The predicted octanol–water partition coefficient (Wildman–Crippen LogP) is 3.05. The van der Waals surface area contributed by atoms with Crippen LogP contribution in [0.2, 0.25) is 5.15 Å². The Hall–Kier alpha value is -0.670. The first-order chi connectivity index (χ1) is 5.77. The van der Waals surface area contributed by atoms with Gasteiger partial charge in [0, 0.05) is 11.6 Å². The van der Waals surface area contributed by atoms with Crippen LogP contribution in [0.25, 0.3) is 10.9 Å². The van der Waals surface area contributed by atoms with Crippen LogP contribution in [0.15, 0.2) is 29.0 Å². The fourth-order valence-electron chi connectivity index (χ4n) is 1.01. The number of fused-ring (bicyclic) bond motifs is 1. The summed E-state index contributed by atoms with van der Waals surface area (Å²) in [5, 5.41) is 1.42. The van der Waals surface area contributed by atoms with Crippen molar-refractivity contribution in [2.24, 2.45) is 0 Å². The van der Waals surface area contributed by atoms with Gasteiger partial charge in [-0.05, 0) is 28.1 Å². The molecule has 12 heavy (non-hydrogen) atoms. The zero-order chi connectivity index (χ0) is 8.55. The fourth-order valence-corrected chi connectivity index (χ4v) is 1.79. The van der Waals surface area contributed by atoms with Crippen molar-refractivity contribution >= 4 is 38.4 Å². The van der Waals surface area contributed by atoms with Crippen LogP contribution in [0, 0.1) is 0 Å². The van der Waals surface area contributed by atoms with E-state index >= 15 is 0 Å². The van der Waals surface area contributed by atoms with Crippen LogP contribution in [-0.4, -0.2) is 9.97 Å². The lowest BCUT2D eigenvalue weighted by Gasteiger charge is -1.98. The Morgan fingerprint density at radius 3 is 3.08 bits per heavy atom. The van der Waals surface area contributed by atoms with Gasteiger partial charge in [0.05, 0.1) is 0 Å². The standard InChI is InChI=1S/C8H4BrClN2/c9-6-4-5-2-1-3-11-7(5)8(10)12-6/h1-4H. The average molecular weight is 243 g/mol. The molecule has 2 aromatic rings. The van der Waals surface area contributed by atoms with Gasteiger partial charge in [0.25, 0.3) is 0 Å². The molecule has 0 radical (unpaired) electrons. The van der Waals surface area contributed by atoms with Crippen LogP contribution in [0.1, 0.15) is 0 Å². The molecule has 0 aromatic carbocycles. The minimum absolute atomic E-state index is 0.431. The molecule has 0 fully saturated rings. The second-order valence-corrected chi connectivity index (χ2v) is 3.48. The molecule has 2 nitrogen and oxygen atoms in total. The normalized spacial score (nSPS) is 10.5. The lowest BCUT2D eigenvalue weighted by atomic mass is 10.3. The van der Waals surface area contributed by atoms with E-state index < -0.39 is 0 Å². The third kappa shape index (κ3) is 1.30. The quantitative estimate of drug-likeness (QED) is 0.665. The summed E-state index contributed by atoms with van der Waals surface area (Å²) >= 11 is 9.12. The first-order valence-electron chi connectivity index (χ1n) is 3.34. The molecule has 0 saturated heterocycles. The van der Waals surface area contributed by atoms with Crippen molar-refractivity contribution in [1.29, 1.82) is 0 Å². The van der Waals surface area contributed by atoms with Crippen molar-refractivity contribution in [1.82, 2.24) is 9.97 Å². The van der Waals surface area contributed by atoms with E-state index in [0.29, 0.717) is 5.15 Å². The molecule has 0 aliphatic carbocycles. The summed E-state index contributed by atoms with van der Waals surface area (Å²) in [5.74, 6) is 0. The van der Waals surface area contributed by atoms with Gasteiger partial charge in [0.1, 0.15) is 10.1 Å². The summed E-state index contributed by atoms with van der Waals surface area (Å²) in [6.45, 7) is 0. The Labute approximate surface area is 82.7 Å². The number of hydrogen-bond donors (Lipinski definition) is 0. The predicted molar refractivity (Wildman–Crippen MR) is 52.2 cm³/mol. The number of halogens is 2. The molecule has 0 saturated carbocycles. The van der Waals surface area contributed by atoms with Crippen molar-refractivity contribution in [3.8, 4) is 0 Å². The topological polar surface area (TPSA) is 25.8 Å². The van der Waals surface area contributed by atoms with E-state index in [0.717, 1.165) is 15.5 Å². The van der Waals surface area contributed by atoms with Gasteiger partial charge in [-0.1, -0.05) is 17.7 Å². The van der Waals surface area contributed by atoms with Crippen molar-refractivity contribution in [2.45, 2.75) is 0 Å². The monoisotopic (exact) mass is 242 g/mol. The van der Waals surface area contributed by atoms with Crippen LogP contribution >= 0.6 is 27.5 Å². The Kier molecular flexibility index (Phi) is 1.98. The van der Waals surface area contributed by atoms with Crippen LogP contribution in [0.3, 0.4) is 0 Å². The van der Waals surface area contributed by atoms with Crippen molar-refractivity contribution in [2.75, 3.05) is 0 Å². The maximum atomic E-state index is 5.86. The Bertz CT molecular complexity index is 430. The third-order valence-electron chi connectivity index (χ3n) is 1.51. The van der Waals surface area contributed by atoms with E-state index in [1.165, 1.54) is 0 Å². The summed E-state index contributed by atoms with van der Waals surface area (Å²) in [5.41, 5.74) is 0.738. The van der Waals surface area contributed by atoms with Crippen LogP contribution in [0.4, 0.5) is 0 Å². The SMILES string of the molecule is Clc1nc(Br)cc2cccnc12. The summed E-state index contributed by atoms with van der Waals surface area (Å²) in [4.78, 5) is 8.13. The highest BCUT2D eigenvalue weighted by atomic mass is 79.9. The molecule has 2 rings (SSSR count). The average Bonchev–Trinajstić information content (AvgIpc) is 2.04. The van der Waals surface area contributed by atoms with E-state index in [9.17, 15) is 0 Å². The molecule has 0 atom stereocenters. The third-order valence-corrected chi connectivity index (χ3v) is 2.18. The van der Waals surface area contributed by atoms with Crippen LogP contribution < -0.4 is 0 Å². The molecule has 0 bridgehead atoms. The second kappa shape index (κ2) is 2.99. The van der Waals surface area contributed by atoms with E-state index in [4.69, 9.17) is 11.6 Å². The fraction of sp³-hybridized carbons (Fsp3) is 0. The number of nitrogens with zero attached hydrogens (tertiary/aromatic N) is 2. The summed E-state index contributed by atoms with van der Waals surface area (Å²) in [6, 6.07) is 5.69. The Morgan fingerprint density at radius 2 is 2.25 bits per heavy atom. The highest BCUT2D eigenvalue weighted by molar-refractivity contribution is 9.10. The maximum Gasteiger partial charge on any atom is 0.156 e. The number of aromatic nitrogens is 2. The van der Waals surface area contributed by atoms with Gasteiger partial charge in [-0.25, -0.2) is 4.98 Å². The molecule has 0 aliphatic rings. The number of rotatable bonds is 0. The molecule has 4 heteroatoms. The molecule has 0 unspecified atom stereocenters. The molecule has 0 aliphatic heterocycles. The van der Waals surface area contributed by atoms with E-state index in [1.807, 2.05) is 18.2 Å². The summed E-state index contributed by atoms with van der Waals surface area (Å²) in [7, 11) is 0. The van der Waals surface area contributed by atoms with Gasteiger partial charge in [-0.15, -0.1) is 0 Å². The Balaban J connectivity index is 2.89. The molecule has 2 heterocycles. The van der Waals surface area contributed by atoms with E-state index in [2.05, 4.69) is 25.9 Å². The van der Waals surface area contributed by atoms with Gasteiger partial charge in [-0.2, -0.15) is 0 Å². The lowest BCUT2D eigenvalue weighted by Crippen LogP contribution is -1.83. The van der Waals surface area contributed by atoms with Crippen molar-refractivity contribution < 1.29 is 0 Å². The molecule has 2 aromatic heterocycles. The highest BCUT2D eigenvalue weighted by Gasteiger charge is 2.01. The lowest BCUT2D eigenvalue weighted by molar-refractivity contribution is 1.27. The Morgan fingerprint density at radius 1 is 1.42 bits per heavy atom. The van der Waals surface area contributed by atoms with Gasteiger partial charge in [-0.3, -0.25) is 4.98 Å². The zero-order valence-corrected chi connectivity index (χ0v) is 8.30. The van der Waals surface area contributed by atoms with Crippen LogP contribution in [0.5, 0.6) is 0 Å². The van der Waals surface area contributed by atoms with Crippen molar-refractivity contribution in [3.05, 3.63) is 34.2 Å². The molecule has 0 N–H and O–H groups in total. The molecule has 0 spiro atoms. The van der Waals surface area contributed by atoms with Crippen LogP contribution in [-0.2, 0) is 0 Å². The second-order valence-electron chi connectivity index (χ2n) is 2.31. The minimum Gasteiger partial charge on any atom is -0.253 e. The summed E-state index contributed by atoms with van der Waals surface area (Å²) < 4.78 is 0.730. The largest absolute Gasteiger partial charge is 0.253 e. The summed E-state index contributed by atoms with van der Waals surface area (Å²) in [6.07, 6.45) is 1.70. The van der Waals surface area contributed by atoms with E-state index in [-0.39, 0.29) is 0 Å². The maximum absolute atomic E-state index is 5.86. The minimum atomic E-state index is 0.431. The first-order valence-corrected chi connectivity index (χ1v) is 4.51. The first kappa shape index (κ1) is 7.95. The smallest absolute Gasteiger partial charge is 0.156 e. The van der Waals surface area contributed by atoms with Crippen molar-refractivity contribution in [3.63, 3.8) is 0 Å².